The average molecular weight is 367 g/mol. The molecule has 9 heteroatoms. The molecule has 24 heavy (non-hydrogen) atoms. The summed E-state index contributed by atoms with van der Waals surface area (Å²) in [6.07, 6.45) is 5.26. The molecule has 0 saturated heterocycles. The van der Waals surface area contributed by atoms with E-state index in [1.54, 1.807) is 6.20 Å². The average Bonchev–Trinajstić information content (AvgIpc) is 2.56. The molecule has 0 aromatic heterocycles. The molecule has 0 spiro atoms. The van der Waals surface area contributed by atoms with Crippen molar-refractivity contribution in [2.75, 3.05) is 52.8 Å². The Hall–Kier alpha value is -0.470. The van der Waals surface area contributed by atoms with Crippen molar-refractivity contribution in [3.63, 3.8) is 0 Å². The molecular formula is C15H34N3O5P. The lowest BCUT2D eigenvalue weighted by Crippen LogP contribution is -2.30. The molecule has 0 amide bonds. The molecule has 5 N–H and O–H groups in total. The van der Waals surface area contributed by atoms with Crippen molar-refractivity contribution in [1.82, 2.24) is 5.01 Å². The smallest absolute Gasteiger partial charge is 0.152 e. The van der Waals surface area contributed by atoms with Gasteiger partial charge in [0, 0.05) is 18.5 Å². The van der Waals surface area contributed by atoms with E-state index in [9.17, 15) is 0 Å². The highest BCUT2D eigenvalue weighted by molar-refractivity contribution is 7.24. The summed E-state index contributed by atoms with van der Waals surface area (Å²) in [6, 6.07) is 0. The third kappa shape index (κ3) is 17.9. The molecule has 8 nitrogen and oxygen atoms in total. The standard InChI is InChI=1S/C15H34N3O5P/c1-2-7-20-10-12-22-13-11-21-9-6-18(17)14-15(16)5-3-4-8-23-24-19/h14,19,24H,2-13,16-17H2,1H3/b15-14-. The molecule has 144 valence electrons. The molecule has 0 heterocycles. The van der Waals surface area contributed by atoms with Crippen molar-refractivity contribution in [1.29, 1.82) is 0 Å². The van der Waals surface area contributed by atoms with Gasteiger partial charge in [-0.25, -0.2) is 5.84 Å². The van der Waals surface area contributed by atoms with Crippen LogP contribution in [0.15, 0.2) is 11.9 Å². The highest BCUT2D eigenvalue weighted by Gasteiger charge is 1.98. The number of ether oxygens (including phenoxy) is 3. The van der Waals surface area contributed by atoms with Gasteiger partial charge in [0.05, 0.1) is 46.2 Å². The van der Waals surface area contributed by atoms with Crippen LogP contribution >= 0.6 is 9.03 Å². The Balaban J connectivity index is 3.41. The van der Waals surface area contributed by atoms with Crippen LogP contribution in [0.5, 0.6) is 0 Å². The highest BCUT2D eigenvalue weighted by atomic mass is 31.1. The molecule has 0 aliphatic carbocycles. The minimum Gasteiger partial charge on any atom is -0.401 e. The monoisotopic (exact) mass is 367 g/mol. The van der Waals surface area contributed by atoms with Crippen molar-refractivity contribution >= 4 is 9.03 Å². The van der Waals surface area contributed by atoms with Crippen LogP contribution in [0.2, 0.25) is 0 Å². The van der Waals surface area contributed by atoms with Crippen LogP contribution in [0.3, 0.4) is 0 Å². The first-order valence-electron chi connectivity index (χ1n) is 8.42. The maximum atomic E-state index is 8.51. The zero-order valence-corrected chi connectivity index (χ0v) is 15.7. The van der Waals surface area contributed by atoms with E-state index in [0.717, 1.165) is 38.0 Å². The number of nitrogens with two attached hydrogens (primary N) is 2. The van der Waals surface area contributed by atoms with Gasteiger partial charge in [0.15, 0.2) is 9.03 Å². The van der Waals surface area contributed by atoms with Crippen LogP contribution in [0.1, 0.15) is 32.6 Å². The first-order valence-corrected chi connectivity index (χ1v) is 9.27. The number of hydrazine groups is 1. The Morgan fingerprint density at radius 1 is 1.00 bits per heavy atom. The molecule has 0 fully saturated rings. The van der Waals surface area contributed by atoms with Gasteiger partial charge in [-0.1, -0.05) is 6.92 Å². The lowest BCUT2D eigenvalue weighted by Gasteiger charge is -2.15. The van der Waals surface area contributed by atoms with E-state index in [1.165, 1.54) is 5.01 Å². The van der Waals surface area contributed by atoms with E-state index in [1.807, 2.05) is 0 Å². The predicted molar refractivity (Wildman–Crippen MR) is 96.2 cm³/mol. The van der Waals surface area contributed by atoms with Crippen LogP contribution in [0, 0.1) is 0 Å². The minimum absolute atomic E-state index is 0.445. The topological polar surface area (TPSA) is 112 Å². The Morgan fingerprint density at radius 2 is 1.62 bits per heavy atom. The third-order valence-corrected chi connectivity index (χ3v) is 3.28. The summed E-state index contributed by atoms with van der Waals surface area (Å²) in [5.41, 5.74) is 6.61. The van der Waals surface area contributed by atoms with Crippen molar-refractivity contribution in [2.24, 2.45) is 11.6 Å². The maximum Gasteiger partial charge on any atom is 0.152 e. The fraction of sp³-hybridized carbons (Fsp3) is 0.867. The summed E-state index contributed by atoms with van der Waals surface area (Å²) in [5.74, 6) is 5.83. The van der Waals surface area contributed by atoms with E-state index >= 15 is 0 Å². The first-order chi connectivity index (χ1) is 11.7. The van der Waals surface area contributed by atoms with E-state index in [2.05, 4.69) is 6.92 Å². The molecule has 0 bridgehead atoms. The number of nitrogens with zero attached hydrogens (tertiary/aromatic N) is 1. The van der Waals surface area contributed by atoms with E-state index in [4.69, 9.17) is 35.2 Å². The minimum atomic E-state index is -0.445. The number of hydrogen-bond donors (Lipinski definition) is 3. The fourth-order valence-electron chi connectivity index (χ4n) is 1.75. The summed E-state index contributed by atoms with van der Waals surface area (Å²) < 4.78 is 21.0. The Labute approximate surface area is 147 Å². The van der Waals surface area contributed by atoms with Crippen molar-refractivity contribution in [3.05, 3.63) is 11.9 Å². The van der Waals surface area contributed by atoms with Gasteiger partial charge in [-0.15, -0.1) is 0 Å². The Kier molecular flexibility index (Phi) is 18.5. The predicted octanol–water partition coefficient (Wildman–Crippen LogP) is 1.11. The molecule has 0 aromatic rings. The molecule has 1 unspecified atom stereocenters. The van der Waals surface area contributed by atoms with Gasteiger partial charge in [-0.2, -0.15) is 0 Å². The summed E-state index contributed by atoms with van der Waals surface area (Å²) in [6.45, 7) is 6.79. The SMILES string of the molecule is CCCOCCOCCOCCN(N)/C=C(\N)CCCCOPO. The molecule has 0 saturated carbocycles. The number of rotatable bonds is 18. The highest BCUT2D eigenvalue weighted by Crippen LogP contribution is 2.07. The number of unbranched alkanes of at least 4 members (excludes halogenated alkanes) is 1. The van der Waals surface area contributed by atoms with Gasteiger partial charge < -0.3 is 34.4 Å². The third-order valence-electron chi connectivity index (χ3n) is 2.94. The largest absolute Gasteiger partial charge is 0.401 e. The van der Waals surface area contributed by atoms with Crippen molar-refractivity contribution in [3.8, 4) is 0 Å². The zero-order chi connectivity index (χ0) is 17.9. The lowest BCUT2D eigenvalue weighted by atomic mass is 10.2. The molecule has 0 aliphatic rings. The van der Waals surface area contributed by atoms with E-state index in [0.29, 0.717) is 46.2 Å². The second-order valence-electron chi connectivity index (χ2n) is 5.18. The molecule has 0 rings (SSSR count). The summed E-state index contributed by atoms with van der Waals surface area (Å²) in [5, 5.41) is 1.53. The molecule has 0 aromatic carbocycles. The van der Waals surface area contributed by atoms with Gasteiger partial charge in [0.1, 0.15) is 0 Å². The molecule has 0 aliphatic heterocycles. The van der Waals surface area contributed by atoms with Crippen molar-refractivity contribution in [2.45, 2.75) is 32.6 Å². The van der Waals surface area contributed by atoms with Gasteiger partial charge >= 0.3 is 0 Å². The van der Waals surface area contributed by atoms with Gasteiger partial charge in [-0.05, 0) is 25.7 Å². The van der Waals surface area contributed by atoms with Crippen LogP contribution < -0.4 is 11.6 Å². The summed E-state index contributed by atoms with van der Waals surface area (Å²) >= 11 is 0. The summed E-state index contributed by atoms with van der Waals surface area (Å²) in [4.78, 5) is 8.51. The number of hydrogen-bond acceptors (Lipinski definition) is 8. The van der Waals surface area contributed by atoms with Crippen LogP contribution in [0.25, 0.3) is 0 Å². The Morgan fingerprint density at radius 3 is 2.25 bits per heavy atom. The zero-order valence-electron chi connectivity index (χ0n) is 14.7. The maximum absolute atomic E-state index is 8.51. The van der Waals surface area contributed by atoms with Crippen molar-refractivity contribution < 1.29 is 23.6 Å². The second-order valence-corrected chi connectivity index (χ2v) is 5.65. The van der Waals surface area contributed by atoms with Crippen LogP contribution in [-0.4, -0.2) is 62.7 Å². The quantitative estimate of drug-likeness (QED) is 0.143. The van der Waals surface area contributed by atoms with E-state index < -0.39 is 9.03 Å². The van der Waals surface area contributed by atoms with Gasteiger partial charge in [-0.3, -0.25) is 0 Å². The van der Waals surface area contributed by atoms with Gasteiger partial charge in [0.25, 0.3) is 0 Å². The second kappa shape index (κ2) is 18.9. The molecule has 1 atom stereocenters. The Bertz CT molecular complexity index is 298. The normalized spacial score (nSPS) is 12.4. The van der Waals surface area contributed by atoms with E-state index in [-0.39, 0.29) is 0 Å². The van der Waals surface area contributed by atoms with Crippen LogP contribution in [-0.2, 0) is 18.7 Å². The van der Waals surface area contributed by atoms with Gasteiger partial charge in [0.2, 0.25) is 0 Å². The fourth-order valence-corrected chi connectivity index (χ4v) is 1.98. The number of allylic oxidation sites excluding steroid dienone is 1. The molecular weight excluding hydrogens is 333 g/mol. The first kappa shape index (κ1) is 23.5. The lowest BCUT2D eigenvalue weighted by molar-refractivity contribution is 0.0123. The molecule has 0 radical (unpaired) electrons. The van der Waals surface area contributed by atoms with Crippen LogP contribution in [0.4, 0.5) is 0 Å². The summed E-state index contributed by atoms with van der Waals surface area (Å²) in [7, 11) is -0.445.